The van der Waals surface area contributed by atoms with Crippen molar-refractivity contribution in [3.05, 3.63) is 65.0 Å². The molecule has 0 bridgehead atoms. The van der Waals surface area contributed by atoms with Gasteiger partial charge in [0.05, 0.1) is 7.05 Å². The van der Waals surface area contributed by atoms with Crippen LogP contribution in [0.3, 0.4) is 0 Å². The van der Waals surface area contributed by atoms with Crippen LogP contribution in [0, 0.1) is 0 Å². The summed E-state index contributed by atoms with van der Waals surface area (Å²) in [6.07, 6.45) is -10.6. The van der Waals surface area contributed by atoms with E-state index in [0.29, 0.717) is 28.1 Å². The number of aromatic nitrogens is 4. The fraction of sp³-hybridized carbons (Fsp3) is 0.333. The first kappa shape index (κ1) is 26.7. The predicted molar refractivity (Wildman–Crippen MR) is 118 cm³/mol. The van der Waals surface area contributed by atoms with E-state index in [4.69, 9.17) is 0 Å². The van der Waals surface area contributed by atoms with E-state index in [0.717, 1.165) is 25.4 Å². The van der Waals surface area contributed by atoms with Crippen molar-refractivity contribution in [3.8, 4) is 0 Å². The minimum Gasteiger partial charge on any atom is -0.324 e. The van der Waals surface area contributed by atoms with Crippen LogP contribution < -0.4 is 10.6 Å². The Morgan fingerprint density at radius 3 is 2.24 bits per heavy atom. The molecule has 3 aromatic rings. The average molecular weight is 549 g/mol. The van der Waals surface area contributed by atoms with Gasteiger partial charge in [0.25, 0.3) is 0 Å². The maximum Gasteiger partial charge on any atom is 0.414 e. The van der Waals surface area contributed by atoms with Gasteiger partial charge in [0, 0.05) is 18.3 Å². The van der Waals surface area contributed by atoms with Crippen molar-refractivity contribution in [3.63, 3.8) is 0 Å². The minimum absolute atomic E-state index is 0.0575. The normalized spacial score (nSPS) is 17.8. The molecule has 9 nitrogen and oxygen atoms in total. The lowest BCUT2D eigenvalue weighted by molar-refractivity contribution is -0.291. The second-order valence-corrected chi connectivity index (χ2v) is 10.5. The molecule has 198 valence electrons. The molecule has 1 aliphatic heterocycles. The third-order valence-corrected chi connectivity index (χ3v) is 7.03. The van der Waals surface area contributed by atoms with Gasteiger partial charge in [0.15, 0.2) is 4.90 Å². The van der Waals surface area contributed by atoms with Crippen LogP contribution in [0.1, 0.15) is 28.6 Å². The van der Waals surface area contributed by atoms with E-state index in [1.807, 2.05) is 0 Å². The Balaban J connectivity index is 1.63. The number of amides is 1. The zero-order chi connectivity index (χ0) is 27.4. The fourth-order valence-electron chi connectivity index (χ4n) is 4.13. The zero-order valence-electron chi connectivity index (χ0n) is 19.1. The Labute approximate surface area is 206 Å². The van der Waals surface area contributed by atoms with Crippen molar-refractivity contribution in [1.29, 1.82) is 0 Å². The quantitative estimate of drug-likeness (QED) is 0.330. The molecule has 16 heteroatoms. The predicted octanol–water partition coefficient (Wildman–Crippen LogP) is 3.37. The van der Waals surface area contributed by atoms with Crippen LogP contribution in [-0.2, 0) is 38.2 Å². The highest BCUT2D eigenvalue weighted by atomic mass is 32.3. The lowest BCUT2D eigenvalue weighted by atomic mass is 9.78. The second-order valence-electron chi connectivity index (χ2n) is 8.39. The van der Waals surface area contributed by atoms with Crippen molar-refractivity contribution in [2.75, 3.05) is 11.6 Å². The van der Waals surface area contributed by atoms with Gasteiger partial charge in [-0.05, 0) is 40.1 Å². The average Bonchev–Trinajstić information content (AvgIpc) is 3.38. The number of carbonyl (C=O) groups excluding carboxylic acids is 1. The van der Waals surface area contributed by atoms with Crippen LogP contribution in [0.15, 0.2) is 47.4 Å². The smallest absolute Gasteiger partial charge is 0.324 e. The summed E-state index contributed by atoms with van der Waals surface area (Å²) in [7, 11) is -2.18. The molecule has 2 atom stereocenters. The topological polar surface area (TPSA) is 122 Å². The molecule has 1 aromatic heterocycles. The largest absolute Gasteiger partial charge is 0.414 e. The summed E-state index contributed by atoms with van der Waals surface area (Å²) in [5.41, 5.74) is -4.69. The first-order valence-corrected chi connectivity index (χ1v) is 12.3. The summed E-state index contributed by atoms with van der Waals surface area (Å²) in [6, 6.07) is 6.50. The van der Waals surface area contributed by atoms with Gasteiger partial charge in [-0.15, -0.1) is 10.2 Å². The molecule has 0 saturated carbocycles. The first-order chi connectivity index (χ1) is 17.1. The van der Waals surface area contributed by atoms with Crippen molar-refractivity contribution in [2.24, 2.45) is 7.05 Å². The van der Waals surface area contributed by atoms with Gasteiger partial charge < -0.3 is 5.32 Å². The van der Waals surface area contributed by atoms with E-state index in [9.17, 15) is 39.9 Å². The highest BCUT2D eigenvalue weighted by Gasteiger charge is 2.75. The number of fused-ring (bicyclic) bond motifs is 1. The van der Waals surface area contributed by atoms with Gasteiger partial charge in [0.1, 0.15) is 12.3 Å². The van der Waals surface area contributed by atoms with Crippen LogP contribution >= 0.6 is 0 Å². The number of nitrogens with one attached hydrogen (secondary N) is 2. The van der Waals surface area contributed by atoms with Gasteiger partial charge in [-0.1, -0.05) is 22.4 Å². The van der Waals surface area contributed by atoms with E-state index in [1.165, 1.54) is 18.2 Å². The maximum atomic E-state index is 14.1. The van der Waals surface area contributed by atoms with E-state index >= 15 is 0 Å². The van der Waals surface area contributed by atoms with Gasteiger partial charge in [-0.25, -0.2) is 0 Å². The van der Waals surface area contributed by atoms with Crippen LogP contribution in [0.5, 0.6) is 0 Å². The summed E-state index contributed by atoms with van der Waals surface area (Å²) in [6.45, 7) is 0.209. The summed E-state index contributed by atoms with van der Waals surface area (Å²) >= 11 is 0. The van der Waals surface area contributed by atoms with E-state index in [2.05, 4.69) is 26.0 Å². The minimum atomic E-state index is -5.87. The number of nitrogens with zero attached hydrogens (tertiary/aromatic N) is 4. The van der Waals surface area contributed by atoms with Gasteiger partial charge in [-0.2, -0.15) is 35.7 Å². The molecule has 0 fully saturated rings. The Bertz CT molecular complexity index is 1370. The number of alkyl halides is 6. The number of anilines is 1. The molecule has 0 spiro atoms. The summed E-state index contributed by atoms with van der Waals surface area (Å²) in [5.74, 6) is -2.22. The standard InChI is InChI=1S/C21H18F6N6O3S/c1-33-31-18(30-32-33)19(20(22,23)24,21(25,26)27)12-3-5-13(6-4-12)29-17(34)16-15-8-7-14(37(2,35)36)9-11(15)10-28-16/h3-9,16,28H,10H2,1-2H3,(H-,29,34,35,36)/p+1. The molecule has 0 saturated heterocycles. The van der Waals surface area contributed by atoms with Crippen molar-refractivity contribution >= 4 is 21.8 Å². The monoisotopic (exact) mass is 549 g/mol. The van der Waals surface area contributed by atoms with Gasteiger partial charge in [0.2, 0.25) is 27.4 Å². The molecular weight excluding hydrogens is 530 g/mol. The summed E-state index contributed by atoms with van der Waals surface area (Å²) in [5, 5.41) is 14.7. The molecule has 1 aliphatic rings. The van der Waals surface area contributed by atoms with Crippen LogP contribution in [0.25, 0.3) is 0 Å². The molecule has 0 aliphatic carbocycles. The lowest BCUT2D eigenvalue weighted by Crippen LogP contribution is -2.55. The maximum absolute atomic E-state index is 14.1. The number of tetrazole rings is 1. The fourth-order valence-corrected chi connectivity index (χ4v) is 4.81. The van der Waals surface area contributed by atoms with Gasteiger partial charge >= 0.3 is 12.4 Å². The van der Waals surface area contributed by atoms with E-state index in [-0.39, 0.29) is 17.1 Å². The number of carbonyl (C=O) groups is 1. The molecular formula is C21H19F6N6O3S+. The van der Waals surface area contributed by atoms with Crippen molar-refractivity contribution < 1.29 is 39.9 Å². The zero-order valence-corrected chi connectivity index (χ0v) is 19.9. The number of rotatable bonds is 5. The molecule has 2 heterocycles. The summed E-state index contributed by atoms with van der Waals surface area (Å²) < 4.78 is 106. The Hall–Kier alpha value is -3.37. The van der Waals surface area contributed by atoms with Crippen molar-refractivity contribution in [1.82, 2.24) is 25.5 Å². The number of benzene rings is 2. The number of hydrogen-bond donors (Lipinski definition) is 3. The number of hydrogen-bond acceptors (Lipinski definition) is 6. The van der Waals surface area contributed by atoms with Gasteiger partial charge in [-0.3, -0.25) is 10.1 Å². The molecule has 2 aromatic carbocycles. The molecule has 0 radical (unpaired) electrons. The third kappa shape index (κ3) is 4.59. The SMILES string of the molecule is Cn1nnc(C(c2ccc(NC(=O)C3NCc4cc([S+](C)(=O)O)ccc43)cc2)(C(F)(F)F)C(F)(F)F)n1. The molecule has 1 amide bonds. The van der Waals surface area contributed by atoms with E-state index in [1.54, 1.807) is 0 Å². The number of aryl methyl sites for hydroxylation is 1. The van der Waals surface area contributed by atoms with Crippen LogP contribution in [-0.4, -0.2) is 49.3 Å². The van der Waals surface area contributed by atoms with E-state index < -0.39 is 51.3 Å². The Morgan fingerprint density at radius 1 is 1.11 bits per heavy atom. The van der Waals surface area contributed by atoms with Crippen LogP contribution in [0.4, 0.5) is 32.0 Å². The number of halogens is 6. The highest BCUT2D eigenvalue weighted by molar-refractivity contribution is 7.97. The third-order valence-electron chi connectivity index (χ3n) is 5.90. The second kappa shape index (κ2) is 8.88. The molecule has 4 rings (SSSR count). The van der Waals surface area contributed by atoms with Crippen molar-refractivity contribution in [2.45, 2.75) is 35.2 Å². The highest BCUT2D eigenvalue weighted by Crippen LogP contribution is 2.55. The molecule has 3 N–H and O–H groups in total. The Morgan fingerprint density at radius 2 is 1.73 bits per heavy atom. The van der Waals surface area contributed by atoms with Crippen LogP contribution in [0.2, 0.25) is 0 Å². The molecule has 37 heavy (non-hydrogen) atoms. The Kier molecular flexibility index (Phi) is 6.41. The lowest BCUT2D eigenvalue weighted by Gasteiger charge is -2.35. The summed E-state index contributed by atoms with van der Waals surface area (Å²) in [4.78, 5) is 13.5. The molecule has 2 unspecified atom stereocenters. The first-order valence-electron chi connectivity index (χ1n) is 10.4.